The number of hydrogen-bond acceptors (Lipinski definition) is 6. The summed E-state index contributed by atoms with van der Waals surface area (Å²) in [6, 6.07) is 6.04. The van der Waals surface area contributed by atoms with Gasteiger partial charge in [0.05, 0.1) is 31.8 Å². The molecule has 2 heterocycles. The third-order valence-electron chi connectivity index (χ3n) is 6.20. The Bertz CT molecular complexity index is 1040. The van der Waals surface area contributed by atoms with Crippen LogP contribution in [0.15, 0.2) is 48.3 Å². The lowest BCUT2D eigenvalue weighted by Gasteiger charge is -2.37. The van der Waals surface area contributed by atoms with E-state index in [1.54, 1.807) is 36.0 Å². The number of esters is 1. The van der Waals surface area contributed by atoms with Gasteiger partial charge in [0.1, 0.15) is 5.82 Å². The van der Waals surface area contributed by atoms with E-state index in [0.717, 1.165) is 30.4 Å². The van der Waals surface area contributed by atoms with Crippen LogP contribution in [0.2, 0.25) is 0 Å². The maximum atomic E-state index is 14.7. The first-order chi connectivity index (χ1) is 16.0. The number of halogens is 2. The van der Waals surface area contributed by atoms with Crippen LogP contribution >= 0.6 is 25.0 Å². The molecule has 34 heavy (non-hydrogen) atoms. The first kappa shape index (κ1) is 26.4. The number of hydrogen-bond donors (Lipinski definition) is 1. The van der Waals surface area contributed by atoms with Crippen molar-refractivity contribution in [2.75, 3.05) is 19.7 Å². The van der Waals surface area contributed by atoms with Gasteiger partial charge in [0, 0.05) is 41.6 Å². The number of allylic oxidation sites excluding steroid dienone is 1. The highest BCUT2D eigenvalue weighted by Crippen LogP contribution is 2.39. The van der Waals surface area contributed by atoms with Crippen molar-refractivity contribution >= 4 is 36.8 Å². The highest BCUT2D eigenvalue weighted by Gasteiger charge is 2.40. The normalized spacial score (nSPS) is 20.6. The van der Waals surface area contributed by atoms with Crippen molar-refractivity contribution in [1.29, 1.82) is 0 Å². The zero-order valence-electron chi connectivity index (χ0n) is 19.2. The van der Waals surface area contributed by atoms with Gasteiger partial charge in [-0.1, -0.05) is 24.3 Å². The molecule has 1 aromatic carbocycles. The molecule has 2 aromatic rings. The Balaban J connectivity index is 0.00000324. The van der Waals surface area contributed by atoms with Crippen LogP contribution in [0, 0.1) is 11.7 Å². The molecule has 6 nitrogen and oxygen atoms in total. The quantitative estimate of drug-likeness (QED) is 0.313. The van der Waals surface area contributed by atoms with Crippen molar-refractivity contribution < 1.29 is 18.7 Å². The summed E-state index contributed by atoms with van der Waals surface area (Å²) in [5.74, 6) is -0.445. The highest BCUT2D eigenvalue weighted by atomic mass is 35.5. The zero-order chi connectivity index (χ0) is 23.4. The van der Waals surface area contributed by atoms with Crippen LogP contribution in [-0.4, -0.2) is 51.4 Å². The van der Waals surface area contributed by atoms with Gasteiger partial charge in [0.15, 0.2) is 5.78 Å². The summed E-state index contributed by atoms with van der Waals surface area (Å²) in [7, 11) is 0. The lowest BCUT2D eigenvalue weighted by Crippen LogP contribution is -2.42. The molecule has 4 rings (SSSR count). The smallest absolute Gasteiger partial charge is 0.310 e. The zero-order valence-corrected chi connectivity index (χ0v) is 20.9. The minimum Gasteiger partial charge on any atom is -0.466 e. The summed E-state index contributed by atoms with van der Waals surface area (Å²) >= 11 is 4.75. The monoisotopic (exact) mass is 507 g/mol. The van der Waals surface area contributed by atoms with E-state index >= 15 is 0 Å². The Morgan fingerprint density at radius 3 is 2.76 bits per heavy atom. The van der Waals surface area contributed by atoms with Crippen molar-refractivity contribution in [3.8, 4) is 0 Å². The molecule has 0 amide bonds. The van der Waals surface area contributed by atoms with Gasteiger partial charge in [-0.05, 0) is 37.8 Å². The molecule has 9 heteroatoms. The Kier molecular flexibility index (Phi) is 9.33. The Morgan fingerprint density at radius 2 is 2.06 bits per heavy atom. The van der Waals surface area contributed by atoms with Gasteiger partial charge in [0.2, 0.25) is 0 Å². The maximum absolute atomic E-state index is 14.7. The number of piperidine rings is 1. The third-order valence-corrected chi connectivity index (χ3v) is 6.79. The number of Topliss-reactive ketones (excluding diaryl/α,β-unsaturated/α-hetero) is 1. The van der Waals surface area contributed by atoms with Gasteiger partial charge in [-0.3, -0.25) is 19.2 Å². The van der Waals surface area contributed by atoms with E-state index in [-0.39, 0.29) is 47.6 Å². The topological polar surface area (TPSA) is 64.4 Å². The van der Waals surface area contributed by atoms with Crippen LogP contribution in [0.25, 0.3) is 0 Å². The summed E-state index contributed by atoms with van der Waals surface area (Å²) in [5, 5.41) is 4.41. The number of nitrogens with zero attached hydrogens (tertiary/aromatic N) is 3. The minimum atomic E-state index is -0.566. The summed E-state index contributed by atoms with van der Waals surface area (Å²) in [4.78, 5) is 26.9. The number of rotatable bonds is 9. The molecule has 1 aromatic heterocycles. The highest BCUT2D eigenvalue weighted by molar-refractivity contribution is 7.81. The standard InChI is InChI=1S/C25H30FN3O3S.ClH/c1-2-32-23(30)13-17-14-27-29(15-17)12-9-19-16-28(11-10-22(19)33)24(25(31)18-7-8-18)20-5-3-4-6-21(20)26;/h3-6,9,14-15,18,22,24,33H,2,7-8,10-13,16H2,1H3;1H. The van der Waals surface area contributed by atoms with Gasteiger partial charge in [-0.15, -0.1) is 12.4 Å². The maximum Gasteiger partial charge on any atom is 0.310 e. The first-order valence-corrected chi connectivity index (χ1v) is 12.0. The molecule has 0 radical (unpaired) electrons. The van der Waals surface area contributed by atoms with Gasteiger partial charge in [-0.2, -0.15) is 17.7 Å². The van der Waals surface area contributed by atoms with Crippen LogP contribution in [0.5, 0.6) is 0 Å². The Morgan fingerprint density at radius 1 is 1.29 bits per heavy atom. The fourth-order valence-electron chi connectivity index (χ4n) is 4.32. The van der Waals surface area contributed by atoms with Crippen molar-refractivity contribution in [2.24, 2.45) is 5.92 Å². The van der Waals surface area contributed by atoms with Crippen molar-refractivity contribution in [3.05, 3.63) is 65.3 Å². The summed E-state index contributed by atoms with van der Waals surface area (Å²) in [5.41, 5.74) is 2.35. The fraction of sp³-hybridized carbons (Fsp3) is 0.480. The molecule has 2 atom stereocenters. The van der Waals surface area contributed by atoms with Crippen molar-refractivity contribution in [2.45, 2.75) is 50.4 Å². The first-order valence-electron chi connectivity index (χ1n) is 11.5. The van der Waals surface area contributed by atoms with Crippen LogP contribution in [-0.2, 0) is 27.3 Å². The van der Waals surface area contributed by atoms with E-state index in [9.17, 15) is 14.0 Å². The summed E-state index contributed by atoms with van der Waals surface area (Å²) in [6.45, 7) is 3.92. The lowest BCUT2D eigenvalue weighted by atomic mass is 9.93. The van der Waals surface area contributed by atoms with Crippen molar-refractivity contribution in [1.82, 2.24) is 14.7 Å². The molecule has 2 aliphatic rings. The molecule has 1 saturated heterocycles. The number of thiol groups is 1. The number of carbonyl (C=O) groups excluding carboxylic acids is 2. The fourth-order valence-corrected chi connectivity index (χ4v) is 4.62. The third kappa shape index (κ3) is 6.49. The predicted molar refractivity (Wildman–Crippen MR) is 134 cm³/mol. The molecule has 0 spiro atoms. The summed E-state index contributed by atoms with van der Waals surface area (Å²) < 4.78 is 21.4. The van der Waals surface area contributed by atoms with Gasteiger partial charge < -0.3 is 4.74 Å². The number of likely N-dealkylation sites (tertiary alicyclic amines) is 1. The average Bonchev–Trinajstić information content (AvgIpc) is 3.56. The van der Waals surface area contributed by atoms with E-state index in [1.165, 1.54) is 6.07 Å². The number of aromatic nitrogens is 2. The van der Waals surface area contributed by atoms with Crippen LogP contribution in [0.3, 0.4) is 0 Å². The largest absolute Gasteiger partial charge is 0.466 e. The molecule has 184 valence electrons. The second-order valence-electron chi connectivity index (χ2n) is 8.71. The molecule has 1 aliphatic carbocycles. The summed E-state index contributed by atoms with van der Waals surface area (Å²) in [6.07, 6.45) is 8.34. The Hall–Kier alpha value is -2.16. The molecule has 1 aliphatic heterocycles. The number of benzene rings is 1. The Labute approximate surface area is 211 Å². The average molecular weight is 508 g/mol. The van der Waals surface area contributed by atoms with Gasteiger partial charge >= 0.3 is 5.97 Å². The van der Waals surface area contributed by atoms with E-state index in [1.807, 2.05) is 6.20 Å². The molecular weight excluding hydrogens is 477 g/mol. The van der Waals surface area contributed by atoms with E-state index in [0.29, 0.717) is 31.8 Å². The predicted octanol–water partition coefficient (Wildman–Crippen LogP) is 4.20. The van der Waals surface area contributed by atoms with E-state index in [2.05, 4.69) is 16.1 Å². The SMILES string of the molecule is CCOC(=O)Cc1cnn(CC=C2CN(C(C(=O)C3CC3)c3ccccc3F)CCC2S)c1.Cl. The number of carbonyl (C=O) groups is 2. The molecule has 2 fully saturated rings. The molecule has 0 bridgehead atoms. The number of ketones is 1. The molecule has 2 unspecified atom stereocenters. The van der Waals surface area contributed by atoms with Crippen molar-refractivity contribution in [3.63, 3.8) is 0 Å². The van der Waals surface area contributed by atoms with Crippen LogP contribution in [0.4, 0.5) is 4.39 Å². The molecular formula is C25H31ClFN3O3S. The number of ether oxygens (including phenoxy) is 1. The van der Waals surface area contributed by atoms with E-state index < -0.39 is 6.04 Å². The second-order valence-corrected chi connectivity index (χ2v) is 9.33. The molecule has 1 saturated carbocycles. The molecule has 0 N–H and O–H groups in total. The van der Waals surface area contributed by atoms with Crippen LogP contribution in [0.1, 0.15) is 43.4 Å². The second kappa shape index (κ2) is 12.0. The van der Waals surface area contributed by atoms with Gasteiger partial charge in [-0.25, -0.2) is 4.39 Å². The van der Waals surface area contributed by atoms with Gasteiger partial charge in [0.25, 0.3) is 0 Å². The lowest BCUT2D eigenvalue weighted by molar-refractivity contribution is -0.142. The van der Waals surface area contributed by atoms with Crippen LogP contribution < -0.4 is 0 Å². The minimum absolute atomic E-state index is 0. The van der Waals surface area contributed by atoms with E-state index in [4.69, 9.17) is 17.4 Å².